The number of ether oxygens (including phenoxy) is 2. The van der Waals surface area contributed by atoms with E-state index in [1.807, 2.05) is 0 Å². The van der Waals surface area contributed by atoms with E-state index < -0.39 is 35.7 Å². The van der Waals surface area contributed by atoms with Gasteiger partial charge in [-0.25, -0.2) is 9.69 Å². The van der Waals surface area contributed by atoms with Crippen LogP contribution in [0.1, 0.15) is 0 Å². The fourth-order valence-corrected chi connectivity index (χ4v) is 2.67. The molecule has 0 bridgehead atoms. The first-order valence-corrected chi connectivity index (χ1v) is 7.52. The summed E-state index contributed by atoms with van der Waals surface area (Å²) in [7, 11) is 0. The zero-order valence-corrected chi connectivity index (χ0v) is 13.2. The number of alkyl halides is 4. The number of nitrogens with one attached hydrogen (secondary N) is 1. The van der Waals surface area contributed by atoms with Gasteiger partial charge in [-0.15, -0.1) is 13.2 Å². The molecular weight excluding hydrogens is 360 g/mol. The van der Waals surface area contributed by atoms with Crippen LogP contribution in [0.4, 0.5) is 17.6 Å². The highest BCUT2D eigenvalue weighted by Gasteiger charge is 2.50. The van der Waals surface area contributed by atoms with Gasteiger partial charge < -0.3 is 19.9 Å². The summed E-state index contributed by atoms with van der Waals surface area (Å²) < 4.78 is 61.0. The van der Waals surface area contributed by atoms with Gasteiger partial charge in [0.05, 0.1) is 0 Å². The molecule has 0 aromatic heterocycles. The van der Waals surface area contributed by atoms with Gasteiger partial charge in [0.15, 0.2) is 0 Å². The summed E-state index contributed by atoms with van der Waals surface area (Å²) in [6, 6.07) is 4.99. The second-order valence-corrected chi connectivity index (χ2v) is 5.68. The third-order valence-corrected chi connectivity index (χ3v) is 3.85. The summed E-state index contributed by atoms with van der Waals surface area (Å²) in [6.45, 7) is 0.0959. The number of rotatable bonds is 5. The Balaban J connectivity index is 1.61. The largest absolute Gasteiger partial charge is 0.573 e. The van der Waals surface area contributed by atoms with Crippen LogP contribution in [0.15, 0.2) is 48.2 Å². The van der Waals surface area contributed by atoms with E-state index in [0.717, 1.165) is 18.2 Å². The van der Waals surface area contributed by atoms with Gasteiger partial charge in [0, 0.05) is 25.4 Å². The number of nitrogens with zero attached hydrogens (tertiary/aromatic N) is 1. The van der Waals surface area contributed by atoms with Crippen molar-refractivity contribution in [1.29, 1.82) is 0 Å². The van der Waals surface area contributed by atoms with Crippen molar-refractivity contribution < 1.29 is 36.9 Å². The Labute approximate surface area is 145 Å². The van der Waals surface area contributed by atoms with E-state index in [0.29, 0.717) is 0 Å². The molecule has 1 unspecified atom stereocenters. The lowest BCUT2D eigenvalue weighted by atomic mass is 10.0. The Kier molecular flexibility index (Phi) is 4.53. The van der Waals surface area contributed by atoms with Gasteiger partial charge in [-0.05, 0) is 24.3 Å². The number of hydrogen-bond acceptors (Lipinski definition) is 5. The maximum Gasteiger partial charge on any atom is 0.573 e. The first kappa shape index (κ1) is 18.1. The first-order valence-electron chi connectivity index (χ1n) is 7.52. The molecule has 10 heteroatoms. The predicted octanol–water partition coefficient (Wildman–Crippen LogP) is 2.40. The molecule has 0 radical (unpaired) electrons. The van der Waals surface area contributed by atoms with Crippen molar-refractivity contribution in [1.82, 2.24) is 10.2 Å². The number of carboxylic acid groups (broad SMARTS) is 1. The fraction of sp³-hybridized carbons (Fsp3) is 0.312. The summed E-state index contributed by atoms with van der Waals surface area (Å²) in [6.07, 6.45) is -1.50. The molecule has 1 aromatic rings. The minimum Gasteiger partial charge on any atom is -0.488 e. The Bertz CT molecular complexity index is 759. The van der Waals surface area contributed by atoms with E-state index in [4.69, 9.17) is 9.84 Å². The molecule has 0 spiro atoms. The average molecular weight is 374 g/mol. The van der Waals surface area contributed by atoms with E-state index in [1.54, 1.807) is 0 Å². The number of aliphatic carboxylic acids is 1. The topological polar surface area (TPSA) is 71.0 Å². The van der Waals surface area contributed by atoms with Crippen molar-refractivity contribution in [2.24, 2.45) is 0 Å². The molecular formula is C16H14F4N2O4. The van der Waals surface area contributed by atoms with Crippen LogP contribution < -0.4 is 14.8 Å². The van der Waals surface area contributed by atoms with Crippen LogP contribution in [0.5, 0.6) is 11.5 Å². The molecule has 26 heavy (non-hydrogen) atoms. The van der Waals surface area contributed by atoms with Crippen LogP contribution in [0.2, 0.25) is 0 Å². The van der Waals surface area contributed by atoms with E-state index in [2.05, 4.69) is 10.1 Å². The first-order chi connectivity index (χ1) is 12.2. The Morgan fingerprint density at radius 1 is 1.31 bits per heavy atom. The molecule has 6 nitrogen and oxygen atoms in total. The normalized spacial score (nSPS) is 23.6. The molecule has 0 amide bonds. The van der Waals surface area contributed by atoms with E-state index in [1.165, 1.54) is 29.3 Å². The Hall–Kier alpha value is -2.75. The number of carbonyl (C=O) groups is 1. The number of likely N-dealkylation sites (tertiary alicyclic amines) is 1. The highest BCUT2D eigenvalue weighted by molar-refractivity contribution is 5.89. The summed E-state index contributed by atoms with van der Waals surface area (Å²) in [5, 5.41) is 11.5. The molecule has 0 saturated carbocycles. The molecule has 140 valence electrons. The zero-order valence-electron chi connectivity index (χ0n) is 13.2. The van der Waals surface area contributed by atoms with Crippen molar-refractivity contribution in [3.63, 3.8) is 0 Å². The minimum absolute atomic E-state index is 0.0479. The molecule has 1 fully saturated rings. The van der Waals surface area contributed by atoms with Gasteiger partial charge in [-0.1, -0.05) is 6.07 Å². The van der Waals surface area contributed by atoms with Gasteiger partial charge in [0.1, 0.15) is 23.2 Å². The lowest BCUT2D eigenvalue weighted by Gasteiger charge is -2.47. The van der Waals surface area contributed by atoms with Crippen LogP contribution in [-0.4, -0.2) is 47.4 Å². The molecule has 1 aromatic carbocycles. The molecule has 1 saturated heterocycles. The summed E-state index contributed by atoms with van der Waals surface area (Å²) in [5.74, 6) is -4.06. The Morgan fingerprint density at radius 2 is 2.00 bits per heavy atom. The quantitative estimate of drug-likeness (QED) is 0.609. The molecule has 3 rings (SSSR count). The van der Waals surface area contributed by atoms with Gasteiger partial charge in [0.25, 0.3) is 5.92 Å². The van der Waals surface area contributed by atoms with Crippen LogP contribution in [0.25, 0.3) is 0 Å². The van der Waals surface area contributed by atoms with E-state index in [9.17, 15) is 18.0 Å². The molecule has 2 heterocycles. The zero-order chi connectivity index (χ0) is 18.9. The molecule has 2 aliphatic heterocycles. The van der Waals surface area contributed by atoms with Crippen molar-refractivity contribution in [3.05, 3.63) is 48.2 Å². The number of hydrogen-bond donors (Lipinski definition) is 2. The van der Waals surface area contributed by atoms with E-state index >= 15 is 4.39 Å². The maximum absolute atomic E-state index is 15.0. The van der Waals surface area contributed by atoms with Gasteiger partial charge in [-0.3, -0.25) is 0 Å². The molecule has 2 N–H and O–H groups in total. The number of benzene rings is 1. The second-order valence-electron chi connectivity index (χ2n) is 5.68. The lowest BCUT2D eigenvalue weighted by molar-refractivity contribution is -0.274. The lowest BCUT2D eigenvalue weighted by Crippen LogP contribution is -2.68. The molecule has 1 atom stereocenters. The summed E-state index contributed by atoms with van der Waals surface area (Å²) in [5.41, 5.74) is -0.459. The van der Waals surface area contributed by atoms with Crippen LogP contribution >= 0.6 is 0 Å². The Morgan fingerprint density at radius 3 is 2.65 bits per heavy atom. The number of allylic oxidation sites excluding steroid dienone is 2. The highest BCUT2D eigenvalue weighted by atomic mass is 19.4. The monoisotopic (exact) mass is 374 g/mol. The molecule has 2 aliphatic rings. The standard InChI is InChI=1S/C16H14F4N2O4/c17-15(13(14(23)24)5-2-6-21-15)22-8-12(9-22)25-10-3-1-4-11(7-10)26-16(18,19)20/h1-7,12,21H,8-9H2,(H,23,24). The van der Waals surface area contributed by atoms with Crippen LogP contribution in [0, 0.1) is 0 Å². The smallest absolute Gasteiger partial charge is 0.488 e. The third kappa shape index (κ3) is 3.74. The minimum atomic E-state index is -4.81. The summed E-state index contributed by atoms with van der Waals surface area (Å²) in [4.78, 5) is 12.4. The number of halogens is 4. The van der Waals surface area contributed by atoms with Gasteiger partial charge in [0.2, 0.25) is 0 Å². The van der Waals surface area contributed by atoms with Gasteiger partial charge >= 0.3 is 12.3 Å². The van der Waals surface area contributed by atoms with Crippen molar-refractivity contribution in [3.8, 4) is 11.5 Å². The number of dihydropyridines is 1. The predicted molar refractivity (Wildman–Crippen MR) is 80.9 cm³/mol. The van der Waals surface area contributed by atoms with Crippen LogP contribution in [0.3, 0.4) is 0 Å². The second kappa shape index (κ2) is 6.52. The number of carboxylic acids is 1. The SMILES string of the molecule is O=C(O)C1=CC=CNC1(F)N1CC(Oc2cccc(OC(F)(F)F)c2)C1. The van der Waals surface area contributed by atoms with Gasteiger partial charge in [-0.2, -0.15) is 4.39 Å². The summed E-state index contributed by atoms with van der Waals surface area (Å²) >= 11 is 0. The van der Waals surface area contributed by atoms with Crippen molar-refractivity contribution in [2.75, 3.05) is 13.1 Å². The average Bonchev–Trinajstić information content (AvgIpc) is 2.49. The third-order valence-electron chi connectivity index (χ3n) is 3.85. The van der Waals surface area contributed by atoms with Crippen molar-refractivity contribution >= 4 is 5.97 Å². The highest BCUT2D eigenvalue weighted by Crippen LogP contribution is 2.33. The maximum atomic E-state index is 15.0. The van der Waals surface area contributed by atoms with E-state index in [-0.39, 0.29) is 18.8 Å². The van der Waals surface area contributed by atoms with Crippen LogP contribution in [-0.2, 0) is 4.79 Å². The molecule has 0 aliphatic carbocycles. The fourth-order valence-electron chi connectivity index (χ4n) is 2.67. The van der Waals surface area contributed by atoms with Crippen molar-refractivity contribution in [2.45, 2.75) is 18.4 Å².